The van der Waals surface area contributed by atoms with E-state index in [1.54, 1.807) is 0 Å². The van der Waals surface area contributed by atoms with Crippen LogP contribution >= 0.6 is 0 Å². The van der Waals surface area contributed by atoms with Crippen LogP contribution in [-0.4, -0.2) is 24.1 Å². The molecule has 0 bridgehead atoms. The molecule has 0 N–H and O–H groups in total. The van der Waals surface area contributed by atoms with Crippen LogP contribution in [0.3, 0.4) is 0 Å². The Hall–Kier alpha value is -7.37. The minimum Gasteiger partial charge on any atom is -0.307 e. The maximum absolute atomic E-state index is 5.19. The van der Waals surface area contributed by atoms with E-state index in [9.17, 15) is 0 Å². The molecule has 0 spiro atoms. The Morgan fingerprint density at radius 1 is 0.315 bits per heavy atom. The van der Waals surface area contributed by atoms with Crippen molar-refractivity contribution in [3.8, 4) is 45.5 Å². The number of hydrogen-bond donors (Lipinski definition) is 0. The fourth-order valence-corrected chi connectivity index (χ4v) is 8.16. The van der Waals surface area contributed by atoms with Gasteiger partial charge in [-0.1, -0.05) is 152 Å². The van der Waals surface area contributed by atoms with Crippen LogP contribution < -0.4 is 0 Å². The maximum Gasteiger partial charge on any atom is 0.164 e. The highest BCUT2D eigenvalue weighted by molar-refractivity contribution is 6.23. The van der Waals surface area contributed by atoms with Crippen molar-refractivity contribution in [3.05, 3.63) is 188 Å². The summed E-state index contributed by atoms with van der Waals surface area (Å²) in [7, 11) is 0. The summed E-state index contributed by atoms with van der Waals surface area (Å²) in [4.78, 5) is 15.4. The Morgan fingerprint density at radius 2 is 0.796 bits per heavy atom. The van der Waals surface area contributed by atoms with Gasteiger partial charge in [0.15, 0.2) is 17.5 Å². The molecule has 0 amide bonds. The molecule has 5 nitrogen and oxygen atoms in total. The van der Waals surface area contributed by atoms with Gasteiger partial charge in [-0.25, -0.2) is 15.0 Å². The number of aromatic nitrogens is 5. The maximum atomic E-state index is 5.19. The van der Waals surface area contributed by atoms with E-state index < -0.39 is 0 Å². The average molecular weight is 690 g/mol. The first-order chi connectivity index (χ1) is 26.8. The summed E-state index contributed by atoms with van der Waals surface area (Å²) in [6.45, 7) is 0. The lowest BCUT2D eigenvalue weighted by molar-refractivity contribution is 1.07. The zero-order chi connectivity index (χ0) is 35.6. The predicted octanol–water partition coefficient (Wildman–Crippen LogP) is 12.2. The second-order valence-corrected chi connectivity index (χ2v) is 13.6. The van der Waals surface area contributed by atoms with E-state index in [1.807, 2.05) is 18.2 Å². The van der Waals surface area contributed by atoms with Crippen molar-refractivity contribution in [1.82, 2.24) is 24.1 Å². The Kier molecular flexibility index (Phi) is 6.79. The quantitative estimate of drug-likeness (QED) is 0.181. The third kappa shape index (κ3) is 4.69. The Balaban J connectivity index is 1.19. The van der Waals surface area contributed by atoms with Crippen molar-refractivity contribution < 1.29 is 0 Å². The molecule has 0 aliphatic heterocycles. The molecule has 54 heavy (non-hydrogen) atoms. The third-order valence-electron chi connectivity index (χ3n) is 10.5. The molecule has 0 saturated heterocycles. The molecule has 11 rings (SSSR count). The molecule has 0 aliphatic rings. The Morgan fingerprint density at radius 3 is 1.50 bits per heavy atom. The van der Waals surface area contributed by atoms with Gasteiger partial charge in [-0.2, -0.15) is 0 Å². The van der Waals surface area contributed by atoms with E-state index in [4.69, 9.17) is 15.0 Å². The lowest BCUT2D eigenvalue weighted by Crippen LogP contribution is -2.02. The minimum absolute atomic E-state index is 0.623. The summed E-state index contributed by atoms with van der Waals surface area (Å²) in [5.74, 6) is 1.91. The number of rotatable bonds is 5. The van der Waals surface area contributed by atoms with Crippen LogP contribution in [0.4, 0.5) is 0 Å². The highest BCUT2D eigenvalue weighted by Crippen LogP contribution is 2.42. The second kappa shape index (κ2) is 12.1. The topological polar surface area (TPSA) is 48.5 Å². The molecule has 0 aliphatic carbocycles. The fraction of sp³-hybridized carbons (Fsp3) is 0. The first kappa shape index (κ1) is 30.3. The Bertz CT molecular complexity index is 3210. The summed E-state index contributed by atoms with van der Waals surface area (Å²) < 4.78 is 4.83. The van der Waals surface area contributed by atoms with E-state index in [0.717, 1.165) is 49.9 Å². The standard InChI is InChI=1S/C49H31N5/c1-3-16-33(17-4-1)47-50-48(52-49(51-47)42-26-14-18-32-15-7-8-23-37(32)42)34-19-13-22-36(31-34)54-44-28-12-10-25-39(44)41-30-29-40-38-24-9-11-27-43(38)53(45(40)46(41)54)35-20-5-2-6-21-35/h1-31H. The van der Waals surface area contributed by atoms with Gasteiger partial charge < -0.3 is 9.13 Å². The first-order valence-electron chi connectivity index (χ1n) is 18.2. The van der Waals surface area contributed by atoms with Gasteiger partial charge in [0.2, 0.25) is 0 Å². The first-order valence-corrected chi connectivity index (χ1v) is 18.2. The molecule has 3 aromatic heterocycles. The van der Waals surface area contributed by atoms with Gasteiger partial charge in [-0.05, 0) is 47.2 Å². The lowest BCUT2D eigenvalue weighted by atomic mass is 10.0. The van der Waals surface area contributed by atoms with Crippen molar-refractivity contribution in [2.45, 2.75) is 0 Å². The lowest BCUT2D eigenvalue weighted by Gasteiger charge is -2.14. The average Bonchev–Trinajstić information content (AvgIpc) is 3.77. The normalized spacial score (nSPS) is 11.7. The van der Waals surface area contributed by atoms with Crippen LogP contribution in [0.15, 0.2) is 188 Å². The molecule has 0 atom stereocenters. The van der Waals surface area contributed by atoms with E-state index in [1.165, 1.54) is 32.6 Å². The molecule has 0 saturated carbocycles. The van der Waals surface area contributed by atoms with E-state index in [0.29, 0.717) is 17.5 Å². The van der Waals surface area contributed by atoms with Gasteiger partial charge in [0, 0.05) is 49.6 Å². The highest BCUT2D eigenvalue weighted by atomic mass is 15.1. The molecule has 0 fully saturated rings. The Labute approximate surface area is 311 Å². The predicted molar refractivity (Wildman–Crippen MR) is 222 cm³/mol. The molecule has 5 heteroatoms. The van der Waals surface area contributed by atoms with Crippen LogP contribution in [0.1, 0.15) is 0 Å². The zero-order valence-corrected chi connectivity index (χ0v) is 29.1. The number of nitrogens with zero attached hydrogens (tertiary/aromatic N) is 5. The molecule has 252 valence electrons. The number of benzene rings is 8. The van der Waals surface area contributed by atoms with E-state index in [-0.39, 0.29) is 0 Å². The summed E-state index contributed by atoms with van der Waals surface area (Å²) >= 11 is 0. The van der Waals surface area contributed by atoms with Crippen LogP contribution in [0.25, 0.3) is 99.9 Å². The number of fused-ring (bicyclic) bond motifs is 8. The summed E-state index contributed by atoms with van der Waals surface area (Å²) in [6.07, 6.45) is 0. The molecule has 0 radical (unpaired) electrons. The van der Waals surface area contributed by atoms with Gasteiger partial charge in [-0.3, -0.25) is 0 Å². The van der Waals surface area contributed by atoms with Crippen molar-refractivity contribution in [3.63, 3.8) is 0 Å². The van der Waals surface area contributed by atoms with Crippen molar-refractivity contribution in [1.29, 1.82) is 0 Å². The smallest absolute Gasteiger partial charge is 0.164 e. The largest absolute Gasteiger partial charge is 0.307 e. The molecule has 8 aromatic carbocycles. The van der Waals surface area contributed by atoms with E-state index >= 15 is 0 Å². The minimum atomic E-state index is 0.623. The monoisotopic (exact) mass is 689 g/mol. The fourth-order valence-electron chi connectivity index (χ4n) is 8.16. The van der Waals surface area contributed by atoms with Crippen LogP contribution in [0, 0.1) is 0 Å². The van der Waals surface area contributed by atoms with Gasteiger partial charge in [-0.15, -0.1) is 0 Å². The van der Waals surface area contributed by atoms with Crippen molar-refractivity contribution >= 4 is 54.4 Å². The van der Waals surface area contributed by atoms with E-state index in [2.05, 4.69) is 179 Å². The molecule has 11 aromatic rings. The van der Waals surface area contributed by atoms with Gasteiger partial charge in [0.25, 0.3) is 0 Å². The molecular formula is C49H31N5. The number of para-hydroxylation sites is 3. The summed E-state index contributed by atoms with van der Waals surface area (Å²) in [5.41, 5.74) is 9.63. The van der Waals surface area contributed by atoms with Crippen LogP contribution in [-0.2, 0) is 0 Å². The zero-order valence-electron chi connectivity index (χ0n) is 29.1. The highest BCUT2D eigenvalue weighted by Gasteiger charge is 2.22. The van der Waals surface area contributed by atoms with Crippen LogP contribution in [0.5, 0.6) is 0 Å². The van der Waals surface area contributed by atoms with Crippen LogP contribution in [0.2, 0.25) is 0 Å². The van der Waals surface area contributed by atoms with Gasteiger partial charge in [0.05, 0.1) is 22.1 Å². The van der Waals surface area contributed by atoms with Gasteiger partial charge >= 0.3 is 0 Å². The van der Waals surface area contributed by atoms with Crippen molar-refractivity contribution in [2.24, 2.45) is 0 Å². The SMILES string of the molecule is c1ccc(-c2nc(-c3cccc(-n4c5ccccc5c5ccc6c7ccccc7n(-c7ccccc7)c6c54)c3)nc(-c3cccc4ccccc34)n2)cc1. The molecule has 0 unspecified atom stereocenters. The third-order valence-corrected chi connectivity index (χ3v) is 10.5. The number of hydrogen-bond acceptors (Lipinski definition) is 3. The second-order valence-electron chi connectivity index (χ2n) is 13.6. The van der Waals surface area contributed by atoms with Crippen molar-refractivity contribution in [2.75, 3.05) is 0 Å². The molecule has 3 heterocycles. The van der Waals surface area contributed by atoms with Gasteiger partial charge in [0.1, 0.15) is 0 Å². The summed E-state index contributed by atoms with van der Waals surface area (Å²) in [5, 5.41) is 7.09. The molecular weight excluding hydrogens is 659 g/mol. The summed E-state index contributed by atoms with van der Waals surface area (Å²) in [6, 6.07) is 66.1.